The van der Waals surface area contributed by atoms with Crippen molar-refractivity contribution in [3.05, 3.63) is 47.7 Å². The van der Waals surface area contributed by atoms with Crippen molar-refractivity contribution in [1.29, 1.82) is 0 Å². The number of carbonyl (C=O) groups excluding carboxylic acids is 2. The van der Waals surface area contributed by atoms with Gasteiger partial charge in [0.2, 0.25) is 6.04 Å². The number of alkyl halides is 3. The molecule has 3 heterocycles. The predicted octanol–water partition coefficient (Wildman–Crippen LogP) is 1.65. The Morgan fingerprint density at radius 1 is 1.27 bits per heavy atom. The fourth-order valence-corrected chi connectivity index (χ4v) is 4.35. The van der Waals surface area contributed by atoms with Gasteiger partial charge >= 0.3 is 12.1 Å². The number of hydrogen-bond donors (Lipinski definition) is 0. The third-order valence-corrected chi connectivity index (χ3v) is 5.65. The predicted molar refractivity (Wildman–Crippen MR) is 97.5 cm³/mol. The van der Waals surface area contributed by atoms with Crippen LogP contribution in [0, 0.1) is 11.8 Å². The van der Waals surface area contributed by atoms with Gasteiger partial charge in [0.1, 0.15) is 18.4 Å². The first-order valence-electron chi connectivity index (χ1n) is 9.56. The van der Waals surface area contributed by atoms with E-state index in [-0.39, 0.29) is 23.7 Å². The van der Waals surface area contributed by atoms with E-state index in [4.69, 9.17) is 19.4 Å². The topological polar surface area (TPSA) is 78.7 Å². The fraction of sp³-hybridized carbons (Fsp3) is 0.476. The average molecular weight is 425 g/mol. The quantitative estimate of drug-likeness (QED) is 0.674. The number of benzene rings is 1. The van der Waals surface area contributed by atoms with Gasteiger partial charge < -0.3 is 19.4 Å². The standard InChI is InChI=1S/C19H22NO3.C2HF3O2/c1-12-14-11-15(22-2)18(21)17(20-9-6-10-23-19(14)20)16(12)13-7-4-3-5-8-13;3-2(4,5)1(6)7/h3-5,7-8,11-12,14,16-17H,6,9-10H2,1-2H3;(H,6,7)/q+1;/p-1/t12-,14-,16-,17-;/m1./s1. The molecule has 0 saturated carbocycles. The van der Waals surface area contributed by atoms with E-state index in [0.29, 0.717) is 11.7 Å². The van der Waals surface area contributed by atoms with Gasteiger partial charge in [-0.25, -0.2) is 0 Å². The highest BCUT2D eigenvalue weighted by Crippen LogP contribution is 2.44. The van der Waals surface area contributed by atoms with Gasteiger partial charge in [-0.2, -0.15) is 17.7 Å². The van der Waals surface area contributed by atoms with Crippen LogP contribution in [0.1, 0.15) is 24.8 Å². The number of ketones is 1. The van der Waals surface area contributed by atoms with Gasteiger partial charge in [0.05, 0.1) is 19.6 Å². The average Bonchev–Trinajstić information content (AvgIpc) is 2.91. The van der Waals surface area contributed by atoms with Crippen LogP contribution in [-0.2, 0) is 19.1 Å². The van der Waals surface area contributed by atoms with Crippen LogP contribution in [0.3, 0.4) is 0 Å². The van der Waals surface area contributed by atoms with Gasteiger partial charge in [0, 0.05) is 6.42 Å². The summed E-state index contributed by atoms with van der Waals surface area (Å²) in [4.78, 5) is 21.9. The second-order valence-corrected chi connectivity index (χ2v) is 7.38. The summed E-state index contributed by atoms with van der Waals surface area (Å²) in [6.45, 7) is 3.84. The van der Waals surface area contributed by atoms with Gasteiger partial charge in [-0.3, -0.25) is 4.79 Å². The van der Waals surface area contributed by atoms with E-state index in [1.165, 1.54) is 5.56 Å². The molecule has 0 aromatic heterocycles. The van der Waals surface area contributed by atoms with Gasteiger partial charge in [0.25, 0.3) is 5.78 Å². The highest BCUT2D eigenvalue weighted by Gasteiger charge is 2.56. The molecule has 5 rings (SSSR count). The number of halogens is 3. The zero-order valence-electron chi connectivity index (χ0n) is 16.5. The maximum absolute atomic E-state index is 13.1. The first kappa shape index (κ1) is 21.9. The summed E-state index contributed by atoms with van der Waals surface area (Å²) in [5.41, 5.74) is 1.22. The van der Waals surface area contributed by atoms with Crippen LogP contribution in [0.4, 0.5) is 13.2 Å². The van der Waals surface area contributed by atoms with Crippen LogP contribution in [0.25, 0.3) is 0 Å². The molecule has 0 unspecified atom stereocenters. The Bertz CT molecular complexity index is 878. The van der Waals surface area contributed by atoms with E-state index >= 15 is 0 Å². The lowest BCUT2D eigenvalue weighted by molar-refractivity contribution is -0.579. The molecule has 2 bridgehead atoms. The van der Waals surface area contributed by atoms with E-state index in [0.717, 1.165) is 25.5 Å². The van der Waals surface area contributed by atoms with Crippen molar-refractivity contribution in [3.8, 4) is 0 Å². The molecule has 162 valence electrons. The molecular formula is C21H22F3NO5. The largest absolute Gasteiger partial charge is 0.542 e. The minimum Gasteiger partial charge on any atom is -0.542 e. The molecule has 0 amide bonds. The number of fused-ring (bicyclic) bond motifs is 2. The van der Waals surface area contributed by atoms with Crippen LogP contribution in [-0.4, -0.2) is 54.7 Å². The minimum atomic E-state index is -5.19. The van der Waals surface area contributed by atoms with E-state index in [1.54, 1.807) is 7.11 Å². The van der Waals surface area contributed by atoms with Crippen molar-refractivity contribution in [1.82, 2.24) is 0 Å². The zero-order valence-corrected chi connectivity index (χ0v) is 16.5. The number of hydrogen-bond acceptors (Lipinski definition) is 5. The maximum atomic E-state index is 13.1. The number of carboxylic acids is 1. The molecule has 0 saturated heterocycles. The van der Waals surface area contributed by atoms with Crippen molar-refractivity contribution in [2.45, 2.75) is 31.5 Å². The molecule has 1 aromatic carbocycles. The molecular weight excluding hydrogens is 403 g/mol. The molecule has 30 heavy (non-hydrogen) atoms. The van der Waals surface area contributed by atoms with Crippen LogP contribution in [0.2, 0.25) is 0 Å². The van der Waals surface area contributed by atoms with Crippen LogP contribution < -0.4 is 5.11 Å². The number of Topliss-reactive ketones (excluding diaryl/α,β-unsaturated/α-hetero) is 1. The smallest absolute Gasteiger partial charge is 0.430 e. The molecule has 0 spiro atoms. The van der Waals surface area contributed by atoms with Crippen molar-refractivity contribution >= 4 is 17.7 Å². The number of rotatable bonds is 2. The highest BCUT2D eigenvalue weighted by atomic mass is 19.4. The Morgan fingerprint density at radius 2 is 1.90 bits per heavy atom. The number of carbonyl (C=O) groups is 2. The Balaban J connectivity index is 0.000000318. The van der Waals surface area contributed by atoms with Crippen molar-refractivity contribution < 1.29 is 41.9 Å². The maximum Gasteiger partial charge on any atom is 0.430 e. The van der Waals surface area contributed by atoms with Gasteiger partial charge in [-0.05, 0) is 17.6 Å². The normalized spacial score (nSPS) is 27.8. The monoisotopic (exact) mass is 425 g/mol. The number of nitrogens with zero attached hydrogens (tertiary/aromatic N) is 1. The van der Waals surface area contributed by atoms with E-state index in [1.807, 2.05) is 24.3 Å². The zero-order chi connectivity index (χ0) is 22.1. The summed E-state index contributed by atoms with van der Waals surface area (Å²) in [6.07, 6.45) is -2.26. The molecule has 4 atom stereocenters. The van der Waals surface area contributed by atoms with Gasteiger partial charge in [-0.1, -0.05) is 37.3 Å². The molecule has 4 aliphatic rings. The second-order valence-electron chi connectivity index (χ2n) is 7.38. The van der Waals surface area contributed by atoms with Crippen molar-refractivity contribution in [2.24, 2.45) is 11.8 Å². The lowest BCUT2D eigenvalue weighted by atomic mass is 9.73. The SMILES string of the molecule is COC1=C[C@H]2C3=[N+](CCCO3)[C@@H](C1=O)[C@@H](c1ccccc1)[C@@H]2C.O=C([O-])C(F)(F)F. The lowest BCUT2D eigenvalue weighted by Crippen LogP contribution is -2.53. The molecule has 1 aromatic rings. The Labute approximate surface area is 171 Å². The lowest BCUT2D eigenvalue weighted by Gasteiger charge is -2.37. The number of aliphatic carboxylic acids is 1. The molecule has 1 aliphatic carbocycles. The highest BCUT2D eigenvalue weighted by molar-refractivity contribution is 6.00. The number of carboxylic acid groups (broad SMARTS) is 1. The molecule has 0 N–H and O–H groups in total. The Morgan fingerprint density at radius 3 is 2.47 bits per heavy atom. The summed E-state index contributed by atoms with van der Waals surface area (Å²) < 4.78 is 45.1. The Kier molecular flexibility index (Phi) is 6.19. The summed E-state index contributed by atoms with van der Waals surface area (Å²) in [5.74, 6) is -0.939. The third-order valence-electron chi connectivity index (χ3n) is 5.65. The molecule has 0 radical (unpaired) electrons. The third kappa shape index (κ3) is 4.06. The summed E-state index contributed by atoms with van der Waals surface area (Å²) in [5, 5.41) is 8.78. The molecule has 3 aliphatic heterocycles. The van der Waals surface area contributed by atoms with Gasteiger partial charge in [0.15, 0.2) is 5.76 Å². The van der Waals surface area contributed by atoms with Crippen LogP contribution in [0.5, 0.6) is 0 Å². The van der Waals surface area contributed by atoms with E-state index in [9.17, 15) is 18.0 Å². The molecule has 9 heteroatoms. The molecule has 6 nitrogen and oxygen atoms in total. The first-order chi connectivity index (χ1) is 14.2. The number of ether oxygens (including phenoxy) is 2. The minimum absolute atomic E-state index is 0.0798. The van der Waals surface area contributed by atoms with E-state index in [2.05, 4.69) is 23.6 Å². The fourth-order valence-electron chi connectivity index (χ4n) is 4.35. The second kappa shape index (κ2) is 8.49. The van der Waals surface area contributed by atoms with Gasteiger partial charge in [-0.15, -0.1) is 0 Å². The number of methoxy groups -OCH3 is 1. The van der Waals surface area contributed by atoms with Crippen molar-refractivity contribution in [3.63, 3.8) is 0 Å². The van der Waals surface area contributed by atoms with E-state index < -0.39 is 12.1 Å². The van der Waals surface area contributed by atoms with Crippen LogP contribution >= 0.6 is 0 Å². The summed E-state index contributed by atoms with van der Waals surface area (Å²) in [7, 11) is 1.58. The van der Waals surface area contributed by atoms with Crippen molar-refractivity contribution in [2.75, 3.05) is 20.3 Å². The Hall–Kier alpha value is -2.84. The molecule has 0 fully saturated rings. The summed E-state index contributed by atoms with van der Waals surface area (Å²) >= 11 is 0. The first-order valence-corrected chi connectivity index (χ1v) is 9.56. The summed E-state index contributed by atoms with van der Waals surface area (Å²) in [6, 6.07) is 10.1. The van der Waals surface area contributed by atoms with Crippen LogP contribution in [0.15, 0.2) is 42.2 Å².